The molecule has 0 heterocycles. The SMILES string of the molecule is C=CCOOC(C)COC. The highest BCUT2D eigenvalue weighted by atomic mass is 17.2. The second-order valence-corrected chi connectivity index (χ2v) is 1.94. The summed E-state index contributed by atoms with van der Waals surface area (Å²) in [5.74, 6) is 0. The van der Waals surface area contributed by atoms with Gasteiger partial charge in [-0.15, -0.1) is 6.58 Å². The standard InChI is InChI=1S/C7H14O3/c1-4-5-9-10-7(2)6-8-3/h4,7H,1,5-6H2,2-3H3. The van der Waals surface area contributed by atoms with Crippen molar-refractivity contribution in [2.75, 3.05) is 20.3 Å². The second-order valence-electron chi connectivity index (χ2n) is 1.94. The molecule has 0 aromatic rings. The van der Waals surface area contributed by atoms with Crippen molar-refractivity contribution in [3.8, 4) is 0 Å². The van der Waals surface area contributed by atoms with Crippen LogP contribution in [0.15, 0.2) is 12.7 Å². The Morgan fingerprint density at radius 3 is 2.80 bits per heavy atom. The zero-order valence-corrected chi connectivity index (χ0v) is 6.50. The van der Waals surface area contributed by atoms with Gasteiger partial charge in [0.25, 0.3) is 0 Å². The van der Waals surface area contributed by atoms with E-state index in [0.29, 0.717) is 13.2 Å². The Balaban J connectivity index is 3.04. The fourth-order valence-electron chi connectivity index (χ4n) is 0.466. The molecule has 1 unspecified atom stereocenters. The second kappa shape index (κ2) is 6.74. The van der Waals surface area contributed by atoms with E-state index in [0.717, 1.165) is 0 Å². The third-order valence-corrected chi connectivity index (χ3v) is 0.820. The predicted molar refractivity (Wildman–Crippen MR) is 38.6 cm³/mol. The zero-order valence-electron chi connectivity index (χ0n) is 6.50. The summed E-state index contributed by atoms with van der Waals surface area (Å²) in [6, 6.07) is 0. The molecule has 3 heteroatoms. The Morgan fingerprint density at radius 1 is 1.60 bits per heavy atom. The van der Waals surface area contributed by atoms with E-state index in [1.165, 1.54) is 0 Å². The van der Waals surface area contributed by atoms with E-state index in [4.69, 9.17) is 14.5 Å². The van der Waals surface area contributed by atoms with Gasteiger partial charge in [-0.3, -0.25) is 0 Å². The highest BCUT2D eigenvalue weighted by Crippen LogP contribution is 1.91. The molecule has 0 aliphatic carbocycles. The molecule has 0 spiro atoms. The lowest BCUT2D eigenvalue weighted by atomic mass is 10.4. The van der Waals surface area contributed by atoms with Crippen LogP contribution in [-0.4, -0.2) is 26.4 Å². The highest BCUT2D eigenvalue weighted by Gasteiger charge is 1.99. The first-order valence-corrected chi connectivity index (χ1v) is 3.19. The van der Waals surface area contributed by atoms with Crippen LogP contribution in [0.5, 0.6) is 0 Å². The molecule has 0 bridgehead atoms. The monoisotopic (exact) mass is 146 g/mol. The number of ether oxygens (including phenoxy) is 1. The third-order valence-electron chi connectivity index (χ3n) is 0.820. The zero-order chi connectivity index (χ0) is 7.82. The van der Waals surface area contributed by atoms with Crippen LogP contribution in [0.25, 0.3) is 0 Å². The Kier molecular flexibility index (Phi) is 6.48. The van der Waals surface area contributed by atoms with Crippen LogP contribution < -0.4 is 0 Å². The molecule has 0 aliphatic heterocycles. The predicted octanol–water partition coefficient (Wildman–Crippen LogP) is 1.16. The van der Waals surface area contributed by atoms with E-state index in [9.17, 15) is 0 Å². The minimum absolute atomic E-state index is 0.0232. The Hall–Kier alpha value is -0.380. The largest absolute Gasteiger partial charge is 0.382 e. The molecular weight excluding hydrogens is 132 g/mol. The van der Waals surface area contributed by atoms with Crippen molar-refractivity contribution in [1.29, 1.82) is 0 Å². The van der Waals surface area contributed by atoms with Crippen LogP contribution in [-0.2, 0) is 14.5 Å². The molecule has 10 heavy (non-hydrogen) atoms. The van der Waals surface area contributed by atoms with Crippen molar-refractivity contribution in [1.82, 2.24) is 0 Å². The van der Waals surface area contributed by atoms with Gasteiger partial charge in [0.2, 0.25) is 0 Å². The number of hydrogen-bond donors (Lipinski definition) is 0. The number of rotatable bonds is 6. The van der Waals surface area contributed by atoms with Crippen molar-refractivity contribution in [3.05, 3.63) is 12.7 Å². The van der Waals surface area contributed by atoms with Crippen LogP contribution in [0.3, 0.4) is 0 Å². The molecule has 0 aromatic heterocycles. The van der Waals surface area contributed by atoms with Crippen molar-refractivity contribution >= 4 is 0 Å². The normalized spacial score (nSPS) is 13.0. The van der Waals surface area contributed by atoms with Crippen LogP contribution in [0.4, 0.5) is 0 Å². The molecule has 0 amide bonds. The Morgan fingerprint density at radius 2 is 2.30 bits per heavy atom. The number of methoxy groups -OCH3 is 1. The quantitative estimate of drug-likeness (QED) is 0.243. The van der Waals surface area contributed by atoms with Crippen LogP contribution in [0.1, 0.15) is 6.92 Å². The summed E-state index contributed by atoms with van der Waals surface area (Å²) in [6.45, 7) is 6.28. The first kappa shape index (κ1) is 9.62. The smallest absolute Gasteiger partial charge is 0.113 e. The minimum Gasteiger partial charge on any atom is -0.382 e. The van der Waals surface area contributed by atoms with Gasteiger partial charge in [-0.1, -0.05) is 6.08 Å². The van der Waals surface area contributed by atoms with Gasteiger partial charge in [-0.2, -0.15) is 0 Å². The van der Waals surface area contributed by atoms with E-state index in [1.807, 2.05) is 6.92 Å². The van der Waals surface area contributed by atoms with E-state index < -0.39 is 0 Å². The average Bonchev–Trinajstić information content (AvgIpc) is 1.89. The lowest BCUT2D eigenvalue weighted by molar-refractivity contribution is -0.318. The molecule has 0 radical (unpaired) electrons. The van der Waals surface area contributed by atoms with Crippen molar-refractivity contribution in [2.45, 2.75) is 13.0 Å². The molecule has 0 fully saturated rings. The van der Waals surface area contributed by atoms with Crippen LogP contribution in [0, 0.1) is 0 Å². The van der Waals surface area contributed by atoms with Gasteiger partial charge >= 0.3 is 0 Å². The molecular formula is C7H14O3. The van der Waals surface area contributed by atoms with Gasteiger partial charge in [0, 0.05) is 7.11 Å². The summed E-state index contributed by atoms with van der Waals surface area (Å²) < 4.78 is 4.80. The lowest BCUT2D eigenvalue weighted by Crippen LogP contribution is -2.14. The van der Waals surface area contributed by atoms with E-state index in [1.54, 1.807) is 13.2 Å². The van der Waals surface area contributed by atoms with Crippen molar-refractivity contribution in [3.63, 3.8) is 0 Å². The van der Waals surface area contributed by atoms with Gasteiger partial charge in [-0.05, 0) is 6.92 Å². The van der Waals surface area contributed by atoms with E-state index in [-0.39, 0.29) is 6.10 Å². The topological polar surface area (TPSA) is 27.7 Å². The third kappa shape index (κ3) is 5.75. The molecule has 1 atom stereocenters. The average molecular weight is 146 g/mol. The molecule has 0 aliphatic rings. The molecule has 3 nitrogen and oxygen atoms in total. The fraction of sp³-hybridized carbons (Fsp3) is 0.714. The summed E-state index contributed by atoms with van der Waals surface area (Å²) in [6.07, 6.45) is 1.60. The maximum Gasteiger partial charge on any atom is 0.113 e. The molecule has 0 saturated carbocycles. The highest BCUT2D eigenvalue weighted by molar-refractivity contribution is 4.62. The Bertz CT molecular complexity index is 82.9. The van der Waals surface area contributed by atoms with E-state index >= 15 is 0 Å². The molecule has 0 rings (SSSR count). The van der Waals surface area contributed by atoms with Crippen LogP contribution >= 0.6 is 0 Å². The molecule has 0 N–H and O–H groups in total. The number of hydrogen-bond acceptors (Lipinski definition) is 3. The summed E-state index contributed by atoms with van der Waals surface area (Å²) in [4.78, 5) is 9.53. The summed E-state index contributed by atoms with van der Waals surface area (Å²) in [5, 5.41) is 0. The molecule has 0 aromatic carbocycles. The van der Waals surface area contributed by atoms with Gasteiger partial charge in [0.05, 0.1) is 6.61 Å². The minimum atomic E-state index is -0.0232. The van der Waals surface area contributed by atoms with Gasteiger partial charge in [-0.25, -0.2) is 9.78 Å². The van der Waals surface area contributed by atoms with Crippen LogP contribution in [0.2, 0.25) is 0 Å². The van der Waals surface area contributed by atoms with E-state index in [2.05, 4.69) is 6.58 Å². The summed E-state index contributed by atoms with van der Waals surface area (Å²) >= 11 is 0. The molecule has 0 saturated heterocycles. The molecule has 60 valence electrons. The first-order valence-electron chi connectivity index (χ1n) is 3.19. The van der Waals surface area contributed by atoms with Crippen molar-refractivity contribution < 1.29 is 14.5 Å². The maximum atomic E-state index is 4.83. The fourth-order valence-corrected chi connectivity index (χ4v) is 0.466. The van der Waals surface area contributed by atoms with Gasteiger partial charge < -0.3 is 4.74 Å². The first-order chi connectivity index (χ1) is 4.81. The van der Waals surface area contributed by atoms with Gasteiger partial charge in [0.15, 0.2) is 0 Å². The maximum absolute atomic E-state index is 4.83. The summed E-state index contributed by atoms with van der Waals surface area (Å²) in [7, 11) is 1.62. The lowest BCUT2D eigenvalue weighted by Gasteiger charge is -2.08. The van der Waals surface area contributed by atoms with Gasteiger partial charge in [0.1, 0.15) is 12.7 Å². The van der Waals surface area contributed by atoms with Crippen molar-refractivity contribution in [2.24, 2.45) is 0 Å². The summed E-state index contributed by atoms with van der Waals surface area (Å²) in [5.41, 5.74) is 0. The Labute approximate surface area is 61.5 Å².